The number of aliphatic carboxylic acids is 3. The van der Waals surface area contributed by atoms with Crippen molar-refractivity contribution in [3.8, 4) is 11.5 Å². The monoisotopic (exact) mass is 368 g/mol. The maximum atomic E-state index is 10.1. The number of aromatic hydroxyl groups is 2. The number of benzene rings is 1. The van der Waals surface area contributed by atoms with Gasteiger partial charge in [-0.05, 0) is 24.3 Å². The molecule has 0 spiro atoms. The first-order valence-electron chi connectivity index (χ1n) is 5.38. The zero-order chi connectivity index (χ0) is 16.6. The second-order valence-corrected chi connectivity index (χ2v) is 3.93. The van der Waals surface area contributed by atoms with E-state index in [-0.39, 0.29) is 100 Å². The molecule has 0 aliphatic heterocycles. The Bertz CT molecular complexity index is 482. The molecule has 0 heterocycles. The molecule has 0 unspecified atom stereocenters. The van der Waals surface area contributed by atoms with Crippen LogP contribution in [0.2, 0.25) is 0 Å². The number of phenols is 2. The largest absolute Gasteiger partial charge is 1.00 e. The van der Waals surface area contributed by atoms with Crippen LogP contribution in [0.4, 0.5) is 0 Å². The summed E-state index contributed by atoms with van der Waals surface area (Å²) in [6.07, 6.45) is -2.72. The summed E-state index contributed by atoms with van der Waals surface area (Å²) in [6.45, 7) is 0. The van der Waals surface area contributed by atoms with Crippen LogP contribution in [0.15, 0.2) is 24.3 Å². The molecule has 0 aromatic heterocycles. The van der Waals surface area contributed by atoms with Crippen LogP contribution in [0.25, 0.3) is 0 Å². The number of carboxylic acid groups (broad SMARTS) is 3. The Morgan fingerprint density at radius 3 is 1.21 bits per heavy atom. The minimum atomic E-state index is -2.97. The smallest absolute Gasteiger partial charge is 0.550 e. The summed E-state index contributed by atoms with van der Waals surface area (Å²) in [5.41, 5.74) is -2.97. The van der Waals surface area contributed by atoms with Gasteiger partial charge >= 0.3 is 88.7 Å². The van der Waals surface area contributed by atoms with Gasteiger partial charge in [-0.3, -0.25) is 0 Å². The average molecular weight is 368 g/mol. The van der Waals surface area contributed by atoms with Gasteiger partial charge in [-0.2, -0.15) is 0 Å². The van der Waals surface area contributed by atoms with Gasteiger partial charge in [0.1, 0.15) is 17.1 Å². The van der Waals surface area contributed by atoms with Gasteiger partial charge < -0.3 is 45.0 Å². The molecule has 1 aromatic carbocycles. The standard InChI is InChI=1S/C6H8O7.C6H6O2.3Na/c7-3(8)1-6(13,5(11)12)2-4(9)10;7-5-1-2-6(8)4-3-5;;;/h13H,1-2H2,(H,7,8)(H,9,10)(H,11,12);1-4,7-8H;;;/q;;3*+1/p-3. The number of carboxylic acids is 3. The van der Waals surface area contributed by atoms with Crippen LogP contribution in [0.5, 0.6) is 11.5 Å². The van der Waals surface area contributed by atoms with Gasteiger partial charge in [-0.15, -0.1) is 0 Å². The van der Waals surface area contributed by atoms with Gasteiger partial charge in [0.25, 0.3) is 0 Å². The molecular formula is C12H11Na3O9. The fraction of sp³-hybridized carbons (Fsp3) is 0.250. The third-order valence-electron chi connectivity index (χ3n) is 2.10. The van der Waals surface area contributed by atoms with Gasteiger partial charge in [0.05, 0.1) is 5.97 Å². The van der Waals surface area contributed by atoms with Crippen LogP contribution in [0.3, 0.4) is 0 Å². The van der Waals surface area contributed by atoms with E-state index in [1.807, 2.05) is 0 Å². The summed E-state index contributed by atoms with van der Waals surface area (Å²) in [5.74, 6) is -5.65. The van der Waals surface area contributed by atoms with Crippen LogP contribution >= 0.6 is 0 Å². The Morgan fingerprint density at radius 2 is 1.04 bits per heavy atom. The third kappa shape index (κ3) is 14.5. The second-order valence-electron chi connectivity index (χ2n) is 3.93. The normalized spacial score (nSPS) is 8.88. The Hall–Kier alpha value is 0.190. The van der Waals surface area contributed by atoms with Gasteiger partial charge in [0, 0.05) is 24.8 Å². The van der Waals surface area contributed by atoms with Gasteiger partial charge in [0.2, 0.25) is 0 Å². The van der Waals surface area contributed by atoms with Crippen molar-refractivity contribution in [1.29, 1.82) is 0 Å². The summed E-state index contributed by atoms with van der Waals surface area (Å²) >= 11 is 0. The van der Waals surface area contributed by atoms with E-state index in [1.165, 1.54) is 24.3 Å². The van der Waals surface area contributed by atoms with Crippen LogP contribution in [0.1, 0.15) is 12.8 Å². The minimum absolute atomic E-state index is 0. The van der Waals surface area contributed by atoms with E-state index in [0.29, 0.717) is 0 Å². The molecule has 0 amide bonds. The van der Waals surface area contributed by atoms with Gasteiger partial charge in [-0.25, -0.2) is 0 Å². The zero-order valence-electron chi connectivity index (χ0n) is 13.5. The molecule has 3 N–H and O–H groups in total. The van der Waals surface area contributed by atoms with Crippen molar-refractivity contribution >= 4 is 17.9 Å². The zero-order valence-corrected chi connectivity index (χ0v) is 19.5. The molecule has 0 radical (unpaired) electrons. The Kier molecular flexibility index (Phi) is 20.5. The van der Waals surface area contributed by atoms with Crippen molar-refractivity contribution in [3.05, 3.63) is 24.3 Å². The predicted molar refractivity (Wildman–Crippen MR) is 59.0 cm³/mol. The van der Waals surface area contributed by atoms with Crippen molar-refractivity contribution in [2.45, 2.75) is 18.4 Å². The van der Waals surface area contributed by atoms with Crippen LogP contribution in [0, 0.1) is 0 Å². The fourth-order valence-corrected chi connectivity index (χ4v) is 1.14. The van der Waals surface area contributed by atoms with Crippen molar-refractivity contribution in [2.24, 2.45) is 0 Å². The topological polar surface area (TPSA) is 181 Å². The maximum absolute atomic E-state index is 10.1. The van der Waals surface area contributed by atoms with Crippen LogP contribution in [-0.4, -0.2) is 38.8 Å². The molecule has 0 bridgehead atoms. The second kappa shape index (κ2) is 15.4. The van der Waals surface area contributed by atoms with E-state index in [2.05, 4.69) is 0 Å². The Labute approximate surface area is 203 Å². The van der Waals surface area contributed by atoms with Crippen LogP contribution < -0.4 is 104 Å². The summed E-state index contributed by atoms with van der Waals surface area (Å²) in [7, 11) is 0. The number of rotatable bonds is 5. The predicted octanol–water partition coefficient (Wildman–Crippen LogP) is -13.1. The number of hydrogen-bond acceptors (Lipinski definition) is 9. The first-order chi connectivity index (χ1) is 9.56. The molecule has 0 saturated heterocycles. The molecule has 0 fully saturated rings. The molecule has 0 aliphatic rings. The first-order valence-corrected chi connectivity index (χ1v) is 5.38. The Balaban J connectivity index is -0.000000159. The Morgan fingerprint density at radius 1 is 0.792 bits per heavy atom. The molecule has 12 heteroatoms. The fourth-order valence-electron chi connectivity index (χ4n) is 1.14. The molecule has 0 aliphatic carbocycles. The number of carbonyl (C=O) groups excluding carboxylic acids is 3. The SMILES string of the molecule is O=C([O-])CC(O)(CC(=O)[O-])C(=O)[O-].Oc1ccc(O)cc1.[Na+].[Na+].[Na+]. The molecule has 9 nitrogen and oxygen atoms in total. The number of hydrogen-bond donors (Lipinski definition) is 3. The first kappa shape index (κ1) is 31.9. The van der Waals surface area contributed by atoms with E-state index < -0.39 is 36.4 Å². The number of phenolic OH excluding ortho intramolecular Hbond substituents is 2. The average Bonchev–Trinajstić information content (AvgIpc) is 2.31. The van der Waals surface area contributed by atoms with E-state index in [9.17, 15) is 29.7 Å². The summed E-state index contributed by atoms with van der Waals surface area (Å²) in [6, 6.07) is 5.70. The number of carbonyl (C=O) groups is 3. The minimum Gasteiger partial charge on any atom is -0.550 e. The van der Waals surface area contributed by atoms with Crippen molar-refractivity contribution in [3.63, 3.8) is 0 Å². The van der Waals surface area contributed by atoms with Crippen molar-refractivity contribution in [1.82, 2.24) is 0 Å². The van der Waals surface area contributed by atoms with Crippen LogP contribution in [-0.2, 0) is 14.4 Å². The molecule has 1 aromatic rings. The van der Waals surface area contributed by atoms with Gasteiger partial charge in [-0.1, -0.05) is 0 Å². The van der Waals surface area contributed by atoms with Gasteiger partial charge in [0.15, 0.2) is 0 Å². The summed E-state index contributed by atoms with van der Waals surface area (Å²) in [4.78, 5) is 30.0. The maximum Gasteiger partial charge on any atom is 1.00 e. The third-order valence-corrected chi connectivity index (χ3v) is 2.10. The summed E-state index contributed by atoms with van der Waals surface area (Å²) in [5, 5.41) is 56.2. The molecule has 0 atom stereocenters. The van der Waals surface area contributed by atoms with Crippen molar-refractivity contribution in [2.75, 3.05) is 0 Å². The number of aliphatic hydroxyl groups is 1. The molecule has 24 heavy (non-hydrogen) atoms. The summed E-state index contributed by atoms with van der Waals surface area (Å²) < 4.78 is 0. The molecular weight excluding hydrogens is 357 g/mol. The molecule has 1 rings (SSSR count). The quantitative estimate of drug-likeness (QED) is 0.336. The molecule has 0 saturated carbocycles. The van der Waals surface area contributed by atoms with E-state index in [4.69, 9.17) is 15.3 Å². The van der Waals surface area contributed by atoms with E-state index in [1.54, 1.807) is 0 Å². The molecule has 116 valence electrons. The van der Waals surface area contributed by atoms with Crippen molar-refractivity contribution < 1.29 is 134 Å². The van der Waals surface area contributed by atoms with E-state index in [0.717, 1.165) is 0 Å². The van der Waals surface area contributed by atoms with E-state index >= 15 is 0 Å².